The number of hydrogen-bond donors (Lipinski definition) is 6. The van der Waals surface area contributed by atoms with Crippen molar-refractivity contribution in [1.29, 1.82) is 0 Å². The Bertz CT molecular complexity index is 3800. The van der Waals surface area contributed by atoms with E-state index in [1.807, 2.05) is 115 Å². The molecular weight excluding hydrogens is 966 g/mol. The second kappa shape index (κ2) is 19.0. The van der Waals surface area contributed by atoms with Gasteiger partial charge in [-0.05, 0) is 77.9 Å². The molecule has 2 unspecified atom stereocenters. The molecule has 10 aromatic carbocycles. The van der Waals surface area contributed by atoms with Crippen molar-refractivity contribution in [2.75, 3.05) is 0 Å². The first-order valence-electron chi connectivity index (χ1n) is 22.5. The molecule has 0 bridgehead atoms. The summed E-state index contributed by atoms with van der Waals surface area (Å²) in [6, 6.07) is 64.2. The number of rotatable bonds is 5. The molecule has 2 aliphatic rings. The highest BCUT2D eigenvalue weighted by Crippen LogP contribution is 2.57. The van der Waals surface area contributed by atoms with Gasteiger partial charge in [0.1, 0.15) is 34.5 Å². The number of para-hydroxylation sites is 2. The molecule has 72 heavy (non-hydrogen) atoms. The predicted octanol–water partition coefficient (Wildman–Crippen LogP) is 10.7. The van der Waals surface area contributed by atoms with Gasteiger partial charge < -0.3 is 44.3 Å². The maximum atomic E-state index is 14.1. The number of phenols is 6. The van der Waals surface area contributed by atoms with E-state index in [1.165, 1.54) is 36.4 Å². The second-order valence-electron chi connectivity index (χ2n) is 16.7. The quantitative estimate of drug-likeness (QED) is 0.0546. The van der Waals surface area contributed by atoms with Gasteiger partial charge in [-0.1, -0.05) is 158 Å². The fraction of sp³-hybridized carbons (Fsp3) is 0. The van der Waals surface area contributed by atoms with Crippen LogP contribution >= 0.6 is 21.9 Å². The van der Waals surface area contributed by atoms with Crippen LogP contribution in [0.15, 0.2) is 224 Å². The van der Waals surface area contributed by atoms with E-state index in [0.717, 1.165) is 22.3 Å². The molecule has 14 heteroatoms. The van der Waals surface area contributed by atoms with Crippen LogP contribution in [-0.2, 0) is 13.7 Å². The Balaban J connectivity index is 0.000000125. The maximum absolute atomic E-state index is 14.1. The Kier molecular flexibility index (Phi) is 12.5. The summed E-state index contributed by atoms with van der Waals surface area (Å²) in [7, 11) is -10.3. The van der Waals surface area contributed by atoms with E-state index in [0.29, 0.717) is 48.8 Å². The molecule has 10 aromatic rings. The van der Waals surface area contributed by atoms with Crippen molar-refractivity contribution in [2.45, 2.75) is 0 Å². The summed E-state index contributed by atoms with van der Waals surface area (Å²) in [5.41, 5.74) is 3.31. The lowest BCUT2D eigenvalue weighted by atomic mass is 10.0. The SMILES string of the molecule is O=P(c1ccccc1)(c1ccccc1)c1ccc(O)c(O)c1.O=P1(c2cc(O)c3ccccc3c2O)Oc2ccccc2-c2ccccc21.O=P1(c2cc(O)ccc2O)Oc2ccccc2-c2ccccc21. The van der Waals surface area contributed by atoms with Crippen LogP contribution < -0.4 is 46.2 Å². The van der Waals surface area contributed by atoms with Gasteiger partial charge in [0.15, 0.2) is 18.6 Å². The van der Waals surface area contributed by atoms with E-state index < -0.39 is 21.9 Å². The summed E-state index contributed by atoms with van der Waals surface area (Å²) in [4.78, 5) is 0. The molecule has 0 radical (unpaired) electrons. The van der Waals surface area contributed by atoms with Gasteiger partial charge in [0.2, 0.25) is 0 Å². The predicted molar refractivity (Wildman–Crippen MR) is 285 cm³/mol. The minimum Gasteiger partial charge on any atom is -0.508 e. The zero-order chi connectivity index (χ0) is 50.2. The molecule has 6 N–H and O–H groups in total. The van der Waals surface area contributed by atoms with Gasteiger partial charge in [-0.3, -0.25) is 9.13 Å². The van der Waals surface area contributed by atoms with E-state index in [-0.39, 0.29) is 45.1 Å². The van der Waals surface area contributed by atoms with Gasteiger partial charge >= 0.3 is 14.7 Å². The number of aromatic hydroxyl groups is 6. The Morgan fingerprint density at radius 3 is 1.32 bits per heavy atom. The summed E-state index contributed by atoms with van der Waals surface area (Å²) >= 11 is 0. The first-order valence-corrected chi connectivity index (χ1v) is 27.4. The highest BCUT2D eigenvalue weighted by molar-refractivity contribution is 7.85. The van der Waals surface area contributed by atoms with Crippen LogP contribution in [0.25, 0.3) is 33.0 Å². The van der Waals surface area contributed by atoms with Crippen LogP contribution in [0.3, 0.4) is 0 Å². The van der Waals surface area contributed by atoms with E-state index in [2.05, 4.69) is 0 Å². The highest BCUT2D eigenvalue weighted by Gasteiger charge is 2.42. The normalized spacial score (nSPS) is 16.1. The largest absolute Gasteiger partial charge is 0.508 e. The zero-order valence-corrected chi connectivity index (χ0v) is 40.6. The first-order chi connectivity index (χ1) is 34.8. The van der Waals surface area contributed by atoms with Crippen molar-refractivity contribution in [3.8, 4) is 68.2 Å². The van der Waals surface area contributed by atoms with Crippen molar-refractivity contribution < 1.29 is 53.4 Å². The van der Waals surface area contributed by atoms with Crippen molar-refractivity contribution >= 4 is 69.8 Å². The van der Waals surface area contributed by atoms with Crippen molar-refractivity contribution in [3.63, 3.8) is 0 Å². The van der Waals surface area contributed by atoms with Crippen LogP contribution in [0.4, 0.5) is 0 Å². The Morgan fingerprint density at radius 1 is 0.333 bits per heavy atom. The lowest BCUT2D eigenvalue weighted by Crippen LogP contribution is -2.25. The average molecular weight is 1010 g/mol. The Labute approximate surface area is 414 Å². The summed E-state index contributed by atoms with van der Waals surface area (Å²) in [5, 5.41) is 64.6. The lowest BCUT2D eigenvalue weighted by Gasteiger charge is -2.29. The second-order valence-corrected chi connectivity index (χ2v) is 24.0. The van der Waals surface area contributed by atoms with Gasteiger partial charge in [0.25, 0.3) is 0 Å². The Hall–Kier alpha value is -8.45. The number of fused-ring (bicyclic) bond motifs is 7. The minimum atomic E-state index is -3.67. The van der Waals surface area contributed by atoms with Crippen LogP contribution in [-0.4, -0.2) is 30.6 Å². The highest BCUT2D eigenvalue weighted by atomic mass is 31.2. The van der Waals surface area contributed by atoms with Gasteiger partial charge in [-0.25, -0.2) is 0 Å². The maximum Gasteiger partial charge on any atom is 0.311 e. The van der Waals surface area contributed by atoms with Gasteiger partial charge in [-0.15, -0.1) is 0 Å². The Morgan fingerprint density at radius 2 is 0.778 bits per heavy atom. The summed E-state index contributed by atoms with van der Waals surface area (Å²) < 4.78 is 53.6. The summed E-state index contributed by atoms with van der Waals surface area (Å²) in [5.74, 6) is 0.0626. The molecule has 12 rings (SSSR count). The molecule has 0 saturated heterocycles. The van der Waals surface area contributed by atoms with Crippen LogP contribution in [0.1, 0.15) is 0 Å². The average Bonchev–Trinajstić information content (AvgIpc) is 3.42. The van der Waals surface area contributed by atoms with Crippen molar-refractivity contribution in [3.05, 3.63) is 224 Å². The molecule has 0 saturated carbocycles. The molecule has 0 aliphatic carbocycles. The fourth-order valence-corrected chi connectivity index (χ4v) is 16.3. The van der Waals surface area contributed by atoms with Crippen molar-refractivity contribution in [2.24, 2.45) is 0 Å². The molecule has 2 atom stereocenters. The number of phenolic OH excluding ortho intramolecular Hbond substituents is 6. The number of hydrogen-bond acceptors (Lipinski definition) is 11. The number of benzene rings is 10. The van der Waals surface area contributed by atoms with Gasteiger partial charge in [-0.2, -0.15) is 0 Å². The van der Waals surface area contributed by atoms with E-state index in [9.17, 15) is 44.3 Å². The summed E-state index contributed by atoms with van der Waals surface area (Å²) in [6.07, 6.45) is 0. The topological polar surface area (TPSA) is 191 Å². The smallest absolute Gasteiger partial charge is 0.311 e. The molecule has 2 heterocycles. The lowest BCUT2D eigenvalue weighted by molar-refractivity contribution is 0.404. The zero-order valence-electron chi connectivity index (χ0n) is 37.9. The molecular formula is C58H43O11P3. The minimum absolute atomic E-state index is 0.0476. The standard InChI is InChI=1S/C22H15O4P.C18H13O4P.C18H15O3P/c23-18-13-21(22(24)17-10-2-1-7-14(17)18)27(25)20-12-6-4-9-16(20)15-8-3-5-11-19(15)26-27;19-12-9-10-15(20)18(11-12)23(21)17-8-4-2-6-14(17)13-5-1-3-7-16(13)22-23;19-17-12-11-16(13-18(17)20)22(21,14-7-3-1-4-8-14)15-9-5-2-6-10-15/h1-13,23-24H;1-11,19-20H;1-13,19-20H. The molecule has 356 valence electrons. The van der Waals surface area contributed by atoms with E-state index in [1.54, 1.807) is 72.8 Å². The van der Waals surface area contributed by atoms with Gasteiger partial charge in [0.05, 0.1) is 21.2 Å². The monoisotopic (exact) mass is 1010 g/mol. The molecule has 11 nitrogen and oxygen atoms in total. The summed E-state index contributed by atoms with van der Waals surface area (Å²) in [6.45, 7) is 0. The third kappa shape index (κ3) is 8.33. The third-order valence-corrected chi connectivity index (χ3v) is 20.4. The molecule has 2 aliphatic heterocycles. The molecule has 0 spiro atoms. The van der Waals surface area contributed by atoms with Crippen molar-refractivity contribution in [1.82, 2.24) is 0 Å². The van der Waals surface area contributed by atoms with Crippen LogP contribution in [0.2, 0.25) is 0 Å². The first kappa shape index (κ1) is 47.2. The van der Waals surface area contributed by atoms with E-state index >= 15 is 0 Å². The third-order valence-electron chi connectivity index (χ3n) is 12.4. The van der Waals surface area contributed by atoms with Gasteiger partial charge in [0, 0.05) is 37.8 Å². The van der Waals surface area contributed by atoms with Crippen LogP contribution in [0.5, 0.6) is 46.0 Å². The molecule has 0 aromatic heterocycles. The van der Waals surface area contributed by atoms with E-state index in [4.69, 9.17) is 9.05 Å². The fourth-order valence-electron chi connectivity index (χ4n) is 8.92. The molecule has 0 fully saturated rings. The molecule has 0 amide bonds. The van der Waals surface area contributed by atoms with Crippen LogP contribution in [0, 0.1) is 0 Å².